The van der Waals surface area contributed by atoms with Crippen LogP contribution in [-0.4, -0.2) is 23.7 Å². The van der Waals surface area contributed by atoms with Gasteiger partial charge in [0.2, 0.25) is 0 Å². The van der Waals surface area contributed by atoms with E-state index in [9.17, 15) is 14.9 Å². The maximum absolute atomic E-state index is 11.8. The average Bonchev–Trinajstić information content (AvgIpc) is 2.53. The number of carbonyl (C=O) groups excluding carboxylic acids is 1. The number of nitrogens with one attached hydrogen (secondary N) is 1. The molecular weight excluding hydrogens is 304 g/mol. The van der Waals surface area contributed by atoms with Crippen molar-refractivity contribution in [1.29, 1.82) is 0 Å². The van der Waals surface area contributed by atoms with E-state index in [1.165, 1.54) is 18.2 Å². The maximum Gasteiger partial charge on any atom is 0.271 e. The molecule has 7 heteroatoms. The molecule has 0 aromatic heterocycles. The summed E-state index contributed by atoms with van der Waals surface area (Å²) in [4.78, 5) is 23.0. The number of hydrogen-bond donors (Lipinski definition) is 1. The first-order chi connectivity index (χ1) is 10.6. The number of carbonyl (C=O) groups is 1. The predicted octanol–water partition coefficient (Wildman–Crippen LogP) is 3.33. The lowest BCUT2D eigenvalue weighted by molar-refractivity contribution is -0.384. The van der Waals surface area contributed by atoms with Crippen LogP contribution in [0.4, 0.5) is 11.4 Å². The lowest BCUT2D eigenvalue weighted by Crippen LogP contribution is -2.20. The van der Waals surface area contributed by atoms with Crippen LogP contribution in [0.25, 0.3) is 0 Å². The van der Waals surface area contributed by atoms with Gasteiger partial charge in [-0.15, -0.1) is 11.8 Å². The number of amides is 1. The minimum absolute atomic E-state index is 0.0774. The number of benzene rings is 2. The molecule has 0 fully saturated rings. The average molecular weight is 318 g/mol. The van der Waals surface area contributed by atoms with E-state index in [1.807, 2.05) is 18.4 Å². The topological polar surface area (TPSA) is 81.5 Å². The molecule has 1 N–H and O–H groups in total. The van der Waals surface area contributed by atoms with Crippen molar-refractivity contribution in [3.63, 3.8) is 0 Å². The van der Waals surface area contributed by atoms with Crippen molar-refractivity contribution in [2.24, 2.45) is 0 Å². The second kappa shape index (κ2) is 7.46. The molecule has 1 amide bonds. The quantitative estimate of drug-likeness (QED) is 0.502. The summed E-state index contributed by atoms with van der Waals surface area (Å²) in [6, 6.07) is 13.1. The third-order valence-electron chi connectivity index (χ3n) is 2.77. The molecule has 0 saturated heterocycles. The van der Waals surface area contributed by atoms with Crippen molar-refractivity contribution in [3.8, 4) is 5.75 Å². The molecule has 114 valence electrons. The van der Waals surface area contributed by atoms with Crippen LogP contribution >= 0.6 is 11.8 Å². The van der Waals surface area contributed by atoms with Gasteiger partial charge in [-0.25, -0.2) is 0 Å². The van der Waals surface area contributed by atoms with Crippen LogP contribution < -0.4 is 10.1 Å². The summed E-state index contributed by atoms with van der Waals surface area (Å²) in [5.41, 5.74) is 0.284. The molecule has 0 bridgehead atoms. The van der Waals surface area contributed by atoms with Gasteiger partial charge >= 0.3 is 0 Å². The zero-order valence-electron chi connectivity index (χ0n) is 11.8. The highest BCUT2D eigenvalue weighted by Gasteiger charge is 2.08. The zero-order chi connectivity index (χ0) is 15.9. The Kier molecular flexibility index (Phi) is 5.37. The van der Waals surface area contributed by atoms with Crippen LogP contribution in [0.2, 0.25) is 0 Å². The highest BCUT2D eigenvalue weighted by Crippen LogP contribution is 2.19. The molecular formula is C15H14N2O4S. The van der Waals surface area contributed by atoms with Crippen LogP contribution in [-0.2, 0) is 4.79 Å². The molecule has 0 atom stereocenters. The highest BCUT2D eigenvalue weighted by atomic mass is 32.2. The van der Waals surface area contributed by atoms with Gasteiger partial charge in [0.1, 0.15) is 5.75 Å². The predicted molar refractivity (Wildman–Crippen MR) is 85.4 cm³/mol. The Labute approximate surface area is 131 Å². The number of thioether (sulfide) groups is 1. The van der Waals surface area contributed by atoms with Crippen molar-refractivity contribution in [1.82, 2.24) is 0 Å². The van der Waals surface area contributed by atoms with Crippen molar-refractivity contribution in [2.75, 3.05) is 18.2 Å². The molecule has 0 radical (unpaired) electrons. The first-order valence-corrected chi connectivity index (χ1v) is 7.62. The second-order valence-electron chi connectivity index (χ2n) is 4.32. The van der Waals surface area contributed by atoms with Gasteiger partial charge in [0.25, 0.3) is 11.6 Å². The lowest BCUT2D eigenvalue weighted by Gasteiger charge is -2.08. The Bertz CT molecular complexity index is 673. The molecule has 0 heterocycles. The number of non-ortho nitro benzene ring substituents is 1. The first-order valence-electron chi connectivity index (χ1n) is 6.39. The standard InChI is InChI=1S/C15H14N2O4S/c1-22-14-7-5-13(6-8-14)21-10-15(18)16-11-3-2-4-12(9-11)17(19)20/h2-9H,10H2,1H3,(H,16,18). The molecule has 6 nitrogen and oxygen atoms in total. The minimum Gasteiger partial charge on any atom is -0.484 e. The fraction of sp³-hybridized carbons (Fsp3) is 0.133. The Hall–Kier alpha value is -2.54. The molecule has 2 aromatic rings. The SMILES string of the molecule is CSc1ccc(OCC(=O)Nc2cccc([N+](=O)[O-])c2)cc1. The van der Waals surface area contributed by atoms with Gasteiger partial charge in [0.05, 0.1) is 4.92 Å². The Balaban J connectivity index is 1.89. The largest absolute Gasteiger partial charge is 0.484 e. The van der Waals surface area contributed by atoms with Crippen LogP contribution in [0.5, 0.6) is 5.75 Å². The van der Waals surface area contributed by atoms with E-state index in [-0.39, 0.29) is 18.2 Å². The van der Waals surface area contributed by atoms with Crippen LogP contribution in [0, 0.1) is 10.1 Å². The summed E-state index contributed by atoms with van der Waals surface area (Å²) in [6.07, 6.45) is 1.97. The number of nitro benzene ring substituents is 1. The van der Waals surface area contributed by atoms with Crippen molar-refractivity contribution in [2.45, 2.75) is 4.90 Å². The summed E-state index contributed by atoms with van der Waals surface area (Å²) in [7, 11) is 0. The van der Waals surface area contributed by atoms with Gasteiger partial charge in [-0.1, -0.05) is 6.07 Å². The zero-order valence-corrected chi connectivity index (χ0v) is 12.6. The molecule has 0 aliphatic heterocycles. The number of anilines is 1. The highest BCUT2D eigenvalue weighted by molar-refractivity contribution is 7.98. The third-order valence-corrected chi connectivity index (χ3v) is 3.51. The van der Waals surface area contributed by atoms with Gasteiger partial charge in [-0.2, -0.15) is 0 Å². The molecule has 0 aliphatic rings. The fourth-order valence-corrected chi connectivity index (χ4v) is 2.12. The van der Waals surface area contributed by atoms with Gasteiger partial charge in [0.15, 0.2) is 6.61 Å². The Morgan fingerprint density at radius 2 is 2.00 bits per heavy atom. The summed E-state index contributed by atoms with van der Waals surface area (Å²) in [5.74, 6) is 0.210. The molecule has 0 aliphatic carbocycles. The normalized spacial score (nSPS) is 10.0. The monoisotopic (exact) mass is 318 g/mol. The summed E-state index contributed by atoms with van der Waals surface area (Å²) in [6.45, 7) is -0.165. The van der Waals surface area contributed by atoms with E-state index >= 15 is 0 Å². The molecule has 0 spiro atoms. The smallest absolute Gasteiger partial charge is 0.271 e. The molecule has 22 heavy (non-hydrogen) atoms. The van der Waals surface area contributed by atoms with Gasteiger partial charge in [-0.05, 0) is 36.6 Å². The fourth-order valence-electron chi connectivity index (χ4n) is 1.72. The van der Waals surface area contributed by atoms with Crippen molar-refractivity contribution >= 4 is 29.0 Å². The Morgan fingerprint density at radius 1 is 1.27 bits per heavy atom. The maximum atomic E-state index is 11.8. The minimum atomic E-state index is -0.514. The van der Waals surface area contributed by atoms with Crippen molar-refractivity contribution < 1.29 is 14.5 Å². The van der Waals surface area contributed by atoms with Crippen LogP contribution in [0.15, 0.2) is 53.4 Å². The number of nitrogens with zero attached hydrogens (tertiary/aromatic N) is 1. The summed E-state index contributed by atoms with van der Waals surface area (Å²) < 4.78 is 5.36. The number of nitro groups is 1. The molecule has 2 aromatic carbocycles. The number of ether oxygens (including phenoxy) is 1. The number of hydrogen-bond acceptors (Lipinski definition) is 5. The van der Waals surface area contributed by atoms with E-state index in [0.717, 1.165) is 4.90 Å². The van der Waals surface area contributed by atoms with Crippen LogP contribution in [0.3, 0.4) is 0 Å². The molecule has 0 unspecified atom stereocenters. The second-order valence-corrected chi connectivity index (χ2v) is 5.20. The van der Waals surface area contributed by atoms with Crippen LogP contribution in [0.1, 0.15) is 0 Å². The van der Waals surface area contributed by atoms with E-state index in [2.05, 4.69) is 5.32 Å². The van der Waals surface area contributed by atoms with Gasteiger partial charge in [0, 0.05) is 22.7 Å². The first kappa shape index (κ1) is 15.8. The molecule has 2 rings (SSSR count). The van der Waals surface area contributed by atoms with E-state index in [0.29, 0.717) is 11.4 Å². The van der Waals surface area contributed by atoms with Gasteiger partial charge in [-0.3, -0.25) is 14.9 Å². The third kappa shape index (κ3) is 4.49. The van der Waals surface area contributed by atoms with E-state index in [4.69, 9.17) is 4.74 Å². The Morgan fingerprint density at radius 3 is 2.64 bits per heavy atom. The van der Waals surface area contributed by atoms with Gasteiger partial charge < -0.3 is 10.1 Å². The van der Waals surface area contributed by atoms with E-state index in [1.54, 1.807) is 30.0 Å². The van der Waals surface area contributed by atoms with E-state index < -0.39 is 4.92 Å². The summed E-state index contributed by atoms with van der Waals surface area (Å²) in [5, 5.41) is 13.2. The lowest BCUT2D eigenvalue weighted by atomic mass is 10.3. The van der Waals surface area contributed by atoms with Crippen molar-refractivity contribution in [3.05, 3.63) is 58.6 Å². The number of rotatable bonds is 6. The summed E-state index contributed by atoms with van der Waals surface area (Å²) >= 11 is 1.62. The molecule has 0 saturated carbocycles.